The fourth-order valence-corrected chi connectivity index (χ4v) is 2.83. The zero-order valence-corrected chi connectivity index (χ0v) is 15.4. The van der Waals surface area contributed by atoms with E-state index in [1.165, 1.54) is 13.0 Å². The molecule has 2 rings (SSSR count). The van der Waals surface area contributed by atoms with Crippen molar-refractivity contribution >= 4 is 46.6 Å². The first-order valence-electron chi connectivity index (χ1n) is 7.68. The van der Waals surface area contributed by atoms with Gasteiger partial charge in [0, 0.05) is 23.4 Å². The van der Waals surface area contributed by atoms with E-state index in [0.29, 0.717) is 21.3 Å². The summed E-state index contributed by atoms with van der Waals surface area (Å²) in [5.41, 5.74) is 6.59. The highest BCUT2D eigenvalue weighted by Gasteiger charge is 2.22. The average molecular weight is 394 g/mol. The summed E-state index contributed by atoms with van der Waals surface area (Å²) in [6, 6.07) is 10.3. The van der Waals surface area contributed by atoms with E-state index in [0.717, 1.165) is 0 Å². The van der Waals surface area contributed by atoms with Crippen LogP contribution in [0.5, 0.6) is 0 Å². The van der Waals surface area contributed by atoms with Gasteiger partial charge in [-0.15, -0.1) is 0 Å². The second kappa shape index (κ2) is 8.69. The molecule has 0 fully saturated rings. The number of carbonyl (C=O) groups excluding carboxylic acids is 3. The first-order chi connectivity index (χ1) is 12.3. The fraction of sp³-hybridized carbons (Fsp3) is 0.167. The van der Waals surface area contributed by atoms with Gasteiger partial charge in [-0.25, -0.2) is 0 Å². The van der Waals surface area contributed by atoms with Crippen molar-refractivity contribution in [3.05, 3.63) is 63.6 Å². The maximum Gasteiger partial charge on any atom is 0.254 e. The van der Waals surface area contributed by atoms with Crippen LogP contribution >= 0.6 is 23.2 Å². The SMILES string of the molecule is CC(=O)Nc1ccccc1C(=O)N[C@H](Cc1ccc(Cl)cc1Cl)C(N)=O. The lowest BCUT2D eigenvalue weighted by Gasteiger charge is -2.18. The predicted octanol–water partition coefficient (Wildman–Crippen LogP) is 2.78. The zero-order valence-electron chi connectivity index (χ0n) is 13.9. The monoisotopic (exact) mass is 393 g/mol. The highest BCUT2D eigenvalue weighted by atomic mass is 35.5. The number of amides is 3. The molecule has 2 aromatic carbocycles. The summed E-state index contributed by atoms with van der Waals surface area (Å²) >= 11 is 12.0. The van der Waals surface area contributed by atoms with Crippen molar-refractivity contribution in [3.8, 4) is 0 Å². The molecular weight excluding hydrogens is 377 g/mol. The van der Waals surface area contributed by atoms with Gasteiger partial charge in [-0.2, -0.15) is 0 Å². The van der Waals surface area contributed by atoms with E-state index in [4.69, 9.17) is 28.9 Å². The van der Waals surface area contributed by atoms with Crippen molar-refractivity contribution < 1.29 is 14.4 Å². The van der Waals surface area contributed by atoms with Crippen molar-refractivity contribution in [2.75, 3.05) is 5.32 Å². The molecular formula is C18H17Cl2N3O3. The Morgan fingerprint density at radius 2 is 1.81 bits per heavy atom. The Labute approximate surface area is 160 Å². The third kappa shape index (κ3) is 5.21. The lowest BCUT2D eigenvalue weighted by Crippen LogP contribution is -2.46. The van der Waals surface area contributed by atoms with Gasteiger partial charge in [0.25, 0.3) is 5.91 Å². The zero-order chi connectivity index (χ0) is 19.3. The van der Waals surface area contributed by atoms with Gasteiger partial charge in [0.1, 0.15) is 6.04 Å². The van der Waals surface area contributed by atoms with Crippen LogP contribution in [-0.2, 0) is 16.0 Å². The number of para-hydroxylation sites is 1. The molecule has 0 aliphatic rings. The van der Waals surface area contributed by atoms with E-state index >= 15 is 0 Å². The number of anilines is 1. The molecule has 0 saturated heterocycles. The molecule has 0 radical (unpaired) electrons. The van der Waals surface area contributed by atoms with Crippen LogP contribution in [0.25, 0.3) is 0 Å². The summed E-state index contributed by atoms with van der Waals surface area (Å²) in [4.78, 5) is 35.6. The molecule has 136 valence electrons. The van der Waals surface area contributed by atoms with Gasteiger partial charge < -0.3 is 16.4 Å². The van der Waals surface area contributed by atoms with Crippen molar-refractivity contribution in [2.45, 2.75) is 19.4 Å². The first-order valence-corrected chi connectivity index (χ1v) is 8.44. The van der Waals surface area contributed by atoms with Gasteiger partial charge in [0.05, 0.1) is 11.3 Å². The smallest absolute Gasteiger partial charge is 0.254 e. The Morgan fingerprint density at radius 3 is 2.42 bits per heavy atom. The Morgan fingerprint density at radius 1 is 1.12 bits per heavy atom. The van der Waals surface area contributed by atoms with Crippen LogP contribution < -0.4 is 16.4 Å². The lowest BCUT2D eigenvalue weighted by atomic mass is 10.0. The van der Waals surface area contributed by atoms with Gasteiger partial charge in [-0.05, 0) is 29.8 Å². The average Bonchev–Trinajstić information content (AvgIpc) is 2.56. The van der Waals surface area contributed by atoms with Crippen LogP contribution in [0, 0.1) is 0 Å². The highest BCUT2D eigenvalue weighted by Crippen LogP contribution is 2.22. The molecule has 1 atom stereocenters. The van der Waals surface area contributed by atoms with Crippen LogP contribution in [0.15, 0.2) is 42.5 Å². The minimum Gasteiger partial charge on any atom is -0.368 e. The first kappa shape index (κ1) is 19.8. The molecule has 3 amide bonds. The van der Waals surface area contributed by atoms with E-state index in [2.05, 4.69) is 10.6 Å². The van der Waals surface area contributed by atoms with Crippen LogP contribution in [0.2, 0.25) is 10.0 Å². The molecule has 4 N–H and O–H groups in total. The molecule has 0 aromatic heterocycles. The highest BCUT2D eigenvalue weighted by molar-refractivity contribution is 6.35. The van der Waals surface area contributed by atoms with Crippen molar-refractivity contribution in [3.63, 3.8) is 0 Å². The van der Waals surface area contributed by atoms with Gasteiger partial charge in [0.2, 0.25) is 11.8 Å². The summed E-state index contributed by atoms with van der Waals surface area (Å²) in [7, 11) is 0. The van der Waals surface area contributed by atoms with E-state index < -0.39 is 17.9 Å². The Bertz CT molecular complexity index is 855. The van der Waals surface area contributed by atoms with Crippen LogP contribution in [-0.4, -0.2) is 23.8 Å². The number of nitrogens with two attached hydrogens (primary N) is 1. The number of hydrogen-bond acceptors (Lipinski definition) is 3. The molecule has 0 aliphatic heterocycles. The third-order valence-corrected chi connectivity index (χ3v) is 4.16. The van der Waals surface area contributed by atoms with Crippen LogP contribution in [0.1, 0.15) is 22.8 Å². The van der Waals surface area contributed by atoms with E-state index in [-0.39, 0.29) is 17.9 Å². The second-order valence-electron chi connectivity index (χ2n) is 5.60. The molecule has 0 unspecified atom stereocenters. The molecule has 0 saturated carbocycles. The number of nitrogens with one attached hydrogen (secondary N) is 2. The predicted molar refractivity (Wildman–Crippen MR) is 101 cm³/mol. The van der Waals surface area contributed by atoms with Crippen LogP contribution in [0.4, 0.5) is 5.69 Å². The number of primary amides is 1. The molecule has 26 heavy (non-hydrogen) atoms. The van der Waals surface area contributed by atoms with E-state index in [1.54, 1.807) is 36.4 Å². The second-order valence-corrected chi connectivity index (χ2v) is 6.44. The van der Waals surface area contributed by atoms with Crippen molar-refractivity contribution in [1.82, 2.24) is 5.32 Å². The fourth-order valence-electron chi connectivity index (χ4n) is 2.35. The summed E-state index contributed by atoms with van der Waals surface area (Å²) in [6.45, 7) is 1.34. The number of carbonyl (C=O) groups is 3. The minimum absolute atomic E-state index is 0.110. The van der Waals surface area contributed by atoms with Gasteiger partial charge in [-0.3, -0.25) is 14.4 Å². The third-order valence-electron chi connectivity index (χ3n) is 3.57. The Balaban J connectivity index is 2.21. The summed E-state index contributed by atoms with van der Waals surface area (Å²) in [5, 5.41) is 5.98. The largest absolute Gasteiger partial charge is 0.368 e. The van der Waals surface area contributed by atoms with Gasteiger partial charge in [-0.1, -0.05) is 41.4 Å². The number of benzene rings is 2. The summed E-state index contributed by atoms with van der Waals surface area (Å²) < 4.78 is 0. The molecule has 8 heteroatoms. The molecule has 2 aromatic rings. The standard InChI is InChI=1S/C18H17Cl2N3O3/c1-10(24)22-15-5-3-2-4-13(15)18(26)23-16(17(21)25)8-11-6-7-12(19)9-14(11)20/h2-7,9,16H,8H2,1H3,(H2,21,25)(H,22,24)(H,23,26)/t16-/m1/s1. The Hall–Kier alpha value is -2.57. The van der Waals surface area contributed by atoms with Crippen LogP contribution in [0.3, 0.4) is 0 Å². The lowest BCUT2D eigenvalue weighted by molar-refractivity contribution is -0.119. The molecule has 0 bridgehead atoms. The van der Waals surface area contributed by atoms with Crippen molar-refractivity contribution in [1.29, 1.82) is 0 Å². The maximum atomic E-state index is 12.6. The Kier molecular flexibility index (Phi) is 6.60. The van der Waals surface area contributed by atoms with E-state index in [1.807, 2.05) is 0 Å². The molecule has 6 nitrogen and oxygen atoms in total. The topological polar surface area (TPSA) is 101 Å². The molecule has 0 heterocycles. The quantitative estimate of drug-likeness (QED) is 0.702. The number of hydrogen-bond donors (Lipinski definition) is 3. The van der Waals surface area contributed by atoms with Gasteiger partial charge in [0.15, 0.2) is 0 Å². The number of halogens is 2. The van der Waals surface area contributed by atoms with E-state index in [9.17, 15) is 14.4 Å². The maximum absolute atomic E-state index is 12.6. The minimum atomic E-state index is -0.980. The van der Waals surface area contributed by atoms with Crippen molar-refractivity contribution in [2.24, 2.45) is 5.73 Å². The number of rotatable bonds is 6. The molecule has 0 aliphatic carbocycles. The molecule has 0 spiro atoms. The normalized spacial score (nSPS) is 11.5. The van der Waals surface area contributed by atoms with Gasteiger partial charge >= 0.3 is 0 Å². The summed E-state index contributed by atoms with van der Waals surface area (Å²) in [6.07, 6.45) is 0.110. The summed E-state index contributed by atoms with van der Waals surface area (Å²) in [5.74, 6) is -1.56.